The van der Waals surface area contributed by atoms with Gasteiger partial charge in [0.05, 0.1) is 13.2 Å². The molecule has 0 bridgehead atoms. The predicted molar refractivity (Wildman–Crippen MR) is 90.4 cm³/mol. The Hall–Kier alpha value is -1.13. The summed E-state index contributed by atoms with van der Waals surface area (Å²) in [5.74, 6) is 1.11. The first kappa shape index (κ1) is 15.8. The zero-order chi connectivity index (χ0) is 15.5. The number of aryl methyl sites for hydroxylation is 1. The number of hydrogen-bond acceptors (Lipinski definition) is 4. The molecule has 0 aliphatic carbocycles. The number of rotatable bonds is 3. The minimum Gasteiger partial charge on any atom is -0.378 e. The van der Waals surface area contributed by atoms with E-state index in [-0.39, 0.29) is 0 Å². The molecule has 3 heterocycles. The molecular formula is C18H29N3O. The number of aromatic nitrogens is 1. The first-order chi connectivity index (χ1) is 10.7. The van der Waals surface area contributed by atoms with Crippen molar-refractivity contribution in [3.05, 3.63) is 23.4 Å². The molecule has 22 heavy (non-hydrogen) atoms. The fourth-order valence-corrected chi connectivity index (χ4v) is 3.77. The highest BCUT2D eigenvalue weighted by Crippen LogP contribution is 2.34. The van der Waals surface area contributed by atoms with Gasteiger partial charge in [-0.2, -0.15) is 0 Å². The van der Waals surface area contributed by atoms with Crippen LogP contribution >= 0.6 is 0 Å². The van der Waals surface area contributed by atoms with Crippen molar-refractivity contribution in [1.82, 2.24) is 9.88 Å². The summed E-state index contributed by atoms with van der Waals surface area (Å²) >= 11 is 0. The van der Waals surface area contributed by atoms with E-state index in [1.807, 2.05) is 0 Å². The van der Waals surface area contributed by atoms with Crippen LogP contribution < -0.4 is 4.90 Å². The van der Waals surface area contributed by atoms with Crippen LogP contribution in [0.2, 0.25) is 0 Å². The second kappa shape index (κ2) is 6.97. The van der Waals surface area contributed by atoms with Crippen LogP contribution in [0.1, 0.15) is 50.3 Å². The fourth-order valence-electron chi connectivity index (χ4n) is 3.77. The van der Waals surface area contributed by atoms with Crippen molar-refractivity contribution in [2.45, 2.75) is 52.1 Å². The summed E-state index contributed by atoms with van der Waals surface area (Å²) in [6.07, 6.45) is 6.05. The molecule has 1 aromatic heterocycles. The second-order valence-electron chi connectivity index (χ2n) is 6.84. The summed E-state index contributed by atoms with van der Waals surface area (Å²) in [4.78, 5) is 9.75. The molecule has 3 rings (SSSR count). The molecule has 0 unspecified atom stereocenters. The van der Waals surface area contributed by atoms with Crippen molar-refractivity contribution < 1.29 is 4.74 Å². The van der Waals surface area contributed by atoms with E-state index in [1.165, 1.54) is 36.9 Å². The lowest BCUT2D eigenvalue weighted by atomic mass is 9.92. The van der Waals surface area contributed by atoms with E-state index in [1.54, 1.807) is 0 Å². The van der Waals surface area contributed by atoms with Gasteiger partial charge in [0.15, 0.2) is 0 Å². The SMILES string of the molecule is Cc1cc(N2CCOCC2)ncc1[C@@H]1CCCCN1C(C)C. The third-order valence-corrected chi connectivity index (χ3v) is 5.04. The minimum atomic E-state index is 0.542. The van der Waals surface area contributed by atoms with E-state index in [2.05, 4.69) is 42.8 Å². The maximum atomic E-state index is 5.43. The first-order valence-corrected chi connectivity index (χ1v) is 8.72. The molecule has 2 aliphatic rings. The molecule has 2 aliphatic heterocycles. The number of anilines is 1. The highest BCUT2D eigenvalue weighted by molar-refractivity contribution is 5.44. The lowest BCUT2D eigenvalue weighted by Crippen LogP contribution is -2.39. The monoisotopic (exact) mass is 303 g/mol. The summed E-state index contributed by atoms with van der Waals surface area (Å²) in [6.45, 7) is 11.6. The second-order valence-corrected chi connectivity index (χ2v) is 6.84. The van der Waals surface area contributed by atoms with Gasteiger partial charge in [0.2, 0.25) is 0 Å². The zero-order valence-electron chi connectivity index (χ0n) is 14.2. The van der Waals surface area contributed by atoms with Crippen LogP contribution in [-0.2, 0) is 4.74 Å². The third-order valence-electron chi connectivity index (χ3n) is 5.04. The molecule has 0 N–H and O–H groups in total. The molecule has 122 valence electrons. The van der Waals surface area contributed by atoms with Crippen LogP contribution in [0.3, 0.4) is 0 Å². The maximum absolute atomic E-state index is 5.43. The molecule has 1 atom stereocenters. The molecule has 0 spiro atoms. The first-order valence-electron chi connectivity index (χ1n) is 8.72. The van der Waals surface area contributed by atoms with Crippen molar-refractivity contribution in [1.29, 1.82) is 0 Å². The molecule has 0 saturated carbocycles. The lowest BCUT2D eigenvalue weighted by molar-refractivity contribution is 0.111. The quantitative estimate of drug-likeness (QED) is 0.857. The van der Waals surface area contributed by atoms with E-state index in [4.69, 9.17) is 9.72 Å². The Morgan fingerprint density at radius 3 is 2.64 bits per heavy atom. The molecule has 2 saturated heterocycles. The largest absolute Gasteiger partial charge is 0.378 e. The van der Waals surface area contributed by atoms with E-state index >= 15 is 0 Å². The van der Waals surface area contributed by atoms with Gasteiger partial charge in [0.1, 0.15) is 5.82 Å². The molecule has 4 heteroatoms. The summed E-state index contributed by atoms with van der Waals surface area (Å²) in [5.41, 5.74) is 2.81. The summed E-state index contributed by atoms with van der Waals surface area (Å²) in [6, 6.07) is 3.41. The van der Waals surface area contributed by atoms with Gasteiger partial charge in [0, 0.05) is 31.4 Å². The van der Waals surface area contributed by atoms with Crippen LogP contribution in [0.25, 0.3) is 0 Å². The van der Waals surface area contributed by atoms with Crippen molar-refractivity contribution in [2.24, 2.45) is 0 Å². The number of nitrogens with zero attached hydrogens (tertiary/aromatic N) is 3. The molecule has 4 nitrogen and oxygen atoms in total. The average Bonchev–Trinajstić information content (AvgIpc) is 2.55. The molecule has 2 fully saturated rings. The van der Waals surface area contributed by atoms with Gasteiger partial charge in [-0.1, -0.05) is 6.42 Å². The Morgan fingerprint density at radius 1 is 1.18 bits per heavy atom. The van der Waals surface area contributed by atoms with Crippen molar-refractivity contribution >= 4 is 5.82 Å². The van der Waals surface area contributed by atoms with Crippen LogP contribution in [-0.4, -0.2) is 48.8 Å². The predicted octanol–water partition coefficient (Wildman–Crippen LogP) is 3.16. The van der Waals surface area contributed by atoms with Crippen LogP contribution in [0, 0.1) is 6.92 Å². The molecular weight excluding hydrogens is 274 g/mol. The summed E-state index contributed by atoms with van der Waals surface area (Å²) in [5, 5.41) is 0. The van der Waals surface area contributed by atoms with E-state index in [0.29, 0.717) is 12.1 Å². The summed E-state index contributed by atoms with van der Waals surface area (Å²) < 4.78 is 5.43. The lowest BCUT2D eigenvalue weighted by Gasteiger charge is -2.39. The van der Waals surface area contributed by atoms with Crippen LogP contribution in [0.4, 0.5) is 5.82 Å². The Bertz CT molecular complexity index is 497. The van der Waals surface area contributed by atoms with Gasteiger partial charge >= 0.3 is 0 Å². The minimum absolute atomic E-state index is 0.542. The van der Waals surface area contributed by atoms with E-state index < -0.39 is 0 Å². The van der Waals surface area contributed by atoms with Gasteiger partial charge in [0.25, 0.3) is 0 Å². The normalized spacial score (nSPS) is 24.0. The number of ether oxygens (including phenoxy) is 1. The number of morpholine rings is 1. The van der Waals surface area contributed by atoms with Crippen molar-refractivity contribution in [3.63, 3.8) is 0 Å². The van der Waals surface area contributed by atoms with Crippen LogP contribution in [0.15, 0.2) is 12.3 Å². The fraction of sp³-hybridized carbons (Fsp3) is 0.722. The molecule has 1 aromatic rings. The van der Waals surface area contributed by atoms with Gasteiger partial charge in [-0.15, -0.1) is 0 Å². The standard InChI is InChI=1S/C18H29N3O/c1-14(2)21-7-5-4-6-17(21)16-13-19-18(12-15(16)3)20-8-10-22-11-9-20/h12-14,17H,4-11H2,1-3H3/t17-/m0/s1. The maximum Gasteiger partial charge on any atom is 0.128 e. The van der Waals surface area contributed by atoms with Gasteiger partial charge < -0.3 is 9.64 Å². The van der Waals surface area contributed by atoms with Gasteiger partial charge in [-0.3, -0.25) is 4.90 Å². The summed E-state index contributed by atoms with van der Waals surface area (Å²) in [7, 11) is 0. The average molecular weight is 303 g/mol. The highest BCUT2D eigenvalue weighted by atomic mass is 16.5. The topological polar surface area (TPSA) is 28.6 Å². The van der Waals surface area contributed by atoms with Gasteiger partial charge in [-0.25, -0.2) is 4.98 Å². The molecule has 0 radical (unpaired) electrons. The van der Waals surface area contributed by atoms with Crippen molar-refractivity contribution in [2.75, 3.05) is 37.7 Å². The molecule has 0 aromatic carbocycles. The van der Waals surface area contributed by atoms with Gasteiger partial charge in [-0.05, 0) is 57.4 Å². The zero-order valence-corrected chi connectivity index (χ0v) is 14.2. The van der Waals surface area contributed by atoms with Crippen molar-refractivity contribution in [3.8, 4) is 0 Å². The van der Waals surface area contributed by atoms with Crippen LogP contribution in [0.5, 0.6) is 0 Å². The Kier molecular flexibility index (Phi) is 4.99. The molecule has 0 amide bonds. The Morgan fingerprint density at radius 2 is 1.95 bits per heavy atom. The number of hydrogen-bond donors (Lipinski definition) is 0. The Labute approximate surface area is 134 Å². The van der Waals surface area contributed by atoms with E-state index in [9.17, 15) is 0 Å². The third kappa shape index (κ3) is 3.28. The number of piperidine rings is 1. The number of pyridine rings is 1. The smallest absolute Gasteiger partial charge is 0.128 e. The van der Waals surface area contributed by atoms with E-state index in [0.717, 1.165) is 32.1 Å². The number of likely N-dealkylation sites (tertiary alicyclic amines) is 1. The highest BCUT2D eigenvalue weighted by Gasteiger charge is 2.27. The Balaban J connectivity index is 1.81.